The van der Waals surface area contributed by atoms with Crippen LogP contribution in [0.1, 0.15) is 0 Å². The Bertz CT molecular complexity index is 1290. The predicted octanol–water partition coefficient (Wildman–Crippen LogP) is 7.77. The first-order chi connectivity index (χ1) is 14.4. The van der Waals surface area contributed by atoms with Crippen LogP contribution in [0.25, 0.3) is 22.2 Å². The molecule has 0 spiro atoms. The van der Waals surface area contributed by atoms with Crippen LogP contribution in [-0.4, -0.2) is 4.98 Å². The molecule has 0 atom stereocenters. The van der Waals surface area contributed by atoms with Crippen molar-refractivity contribution in [3.63, 3.8) is 0 Å². The van der Waals surface area contributed by atoms with Crippen molar-refractivity contribution in [1.82, 2.24) is 4.98 Å². The van der Waals surface area contributed by atoms with Crippen LogP contribution in [0.15, 0.2) is 113 Å². The Morgan fingerprint density at radius 1 is 0.586 bits per heavy atom. The highest BCUT2D eigenvalue weighted by Gasteiger charge is 2.28. The van der Waals surface area contributed by atoms with Crippen LogP contribution in [0.2, 0.25) is 0 Å². The normalized spacial score (nSPS) is 12.6. The SMILES string of the molecule is c1ccc(-c2[nH]c3ccccc3c2N2c3ccccc3Sc3ccccc32)cc1. The van der Waals surface area contributed by atoms with Crippen molar-refractivity contribution in [3.8, 4) is 11.3 Å². The van der Waals surface area contributed by atoms with E-state index in [9.17, 15) is 0 Å². The Kier molecular flexibility index (Phi) is 3.74. The summed E-state index contributed by atoms with van der Waals surface area (Å²) in [4.78, 5) is 8.66. The highest BCUT2D eigenvalue weighted by Crippen LogP contribution is 2.54. The van der Waals surface area contributed by atoms with Crippen molar-refractivity contribution >= 4 is 39.7 Å². The van der Waals surface area contributed by atoms with Crippen LogP contribution in [0, 0.1) is 0 Å². The topological polar surface area (TPSA) is 19.0 Å². The average Bonchev–Trinajstić information content (AvgIpc) is 3.17. The van der Waals surface area contributed by atoms with E-state index < -0.39 is 0 Å². The number of aromatic amines is 1. The molecule has 0 fully saturated rings. The van der Waals surface area contributed by atoms with Crippen molar-refractivity contribution in [3.05, 3.63) is 103 Å². The molecule has 0 aliphatic carbocycles. The summed E-state index contributed by atoms with van der Waals surface area (Å²) >= 11 is 1.84. The summed E-state index contributed by atoms with van der Waals surface area (Å²) in [7, 11) is 0. The van der Waals surface area contributed by atoms with E-state index in [1.165, 1.54) is 37.8 Å². The second-order valence-electron chi connectivity index (χ2n) is 7.13. The highest BCUT2D eigenvalue weighted by atomic mass is 32.2. The van der Waals surface area contributed by atoms with Gasteiger partial charge in [0.25, 0.3) is 0 Å². The van der Waals surface area contributed by atoms with Crippen LogP contribution in [0.4, 0.5) is 17.1 Å². The highest BCUT2D eigenvalue weighted by molar-refractivity contribution is 7.99. The largest absolute Gasteiger partial charge is 0.353 e. The zero-order chi connectivity index (χ0) is 19.2. The molecule has 0 saturated carbocycles. The first-order valence-electron chi connectivity index (χ1n) is 9.72. The smallest absolute Gasteiger partial charge is 0.0797 e. The molecule has 29 heavy (non-hydrogen) atoms. The quantitative estimate of drug-likeness (QED) is 0.326. The molecule has 138 valence electrons. The molecule has 6 rings (SSSR count). The lowest BCUT2D eigenvalue weighted by atomic mass is 10.1. The molecule has 0 amide bonds. The maximum atomic E-state index is 3.69. The number of H-pyrrole nitrogens is 1. The number of benzene rings is 4. The van der Waals surface area contributed by atoms with Crippen LogP contribution >= 0.6 is 11.8 Å². The Hall–Kier alpha value is -3.43. The van der Waals surface area contributed by atoms with E-state index in [0.29, 0.717) is 0 Å². The molecule has 4 aromatic carbocycles. The van der Waals surface area contributed by atoms with Gasteiger partial charge in [-0.2, -0.15) is 0 Å². The fraction of sp³-hybridized carbons (Fsp3) is 0. The van der Waals surface area contributed by atoms with Gasteiger partial charge in [0.1, 0.15) is 0 Å². The average molecular weight is 391 g/mol. The van der Waals surface area contributed by atoms with Crippen LogP contribution in [0.5, 0.6) is 0 Å². The molecule has 0 radical (unpaired) electrons. The predicted molar refractivity (Wildman–Crippen MR) is 123 cm³/mol. The van der Waals surface area contributed by atoms with Crippen LogP contribution < -0.4 is 4.90 Å². The van der Waals surface area contributed by atoms with Crippen molar-refractivity contribution in [2.24, 2.45) is 0 Å². The summed E-state index contributed by atoms with van der Waals surface area (Å²) in [5.74, 6) is 0. The lowest BCUT2D eigenvalue weighted by Crippen LogP contribution is -2.15. The lowest BCUT2D eigenvalue weighted by molar-refractivity contribution is 1.17. The Balaban J connectivity index is 1.72. The van der Waals surface area contributed by atoms with E-state index in [1.54, 1.807) is 0 Å². The molecule has 1 aromatic heterocycles. The first-order valence-corrected chi connectivity index (χ1v) is 10.5. The summed E-state index contributed by atoms with van der Waals surface area (Å²) in [5, 5.41) is 1.22. The number of anilines is 3. The van der Waals surface area contributed by atoms with Crippen molar-refractivity contribution < 1.29 is 0 Å². The molecule has 1 N–H and O–H groups in total. The Morgan fingerprint density at radius 3 is 1.90 bits per heavy atom. The third-order valence-electron chi connectivity index (χ3n) is 5.40. The van der Waals surface area contributed by atoms with Crippen molar-refractivity contribution in [1.29, 1.82) is 0 Å². The minimum absolute atomic E-state index is 1.14. The number of fused-ring (bicyclic) bond motifs is 3. The molecule has 0 unspecified atom stereocenters. The minimum atomic E-state index is 1.14. The number of hydrogen-bond donors (Lipinski definition) is 1. The third kappa shape index (κ3) is 2.59. The monoisotopic (exact) mass is 390 g/mol. The van der Waals surface area contributed by atoms with Crippen LogP contribution in [-0.2, 0) is 0 Å². The molecule has 5 aromatic rings. The zero-order valence-electron chi connectivity index (χ0n) is 15.7. The zero-order valence-corrected chi connectivity index (χ0v) is 16.5. The second kappa shape index (κ2) is 6.57. The van der Waals surface area contributed by atoms with Gasteiger partial charge in [0.15, 0.2) is 0 Å². The fourth-order valence-electron chi connectivity index (χ4n) is 4.12. The molecule has 0 bridgehead atoms. The second-order valence-corrected chi connectivity index (χ2v) is 8.22. The number of rotatable bonds is 2. The standard InChI is InChI=1S/C26H18N2S/c1-2-10-18(11-3-1)25-26(19-12-4-5-13-20(19)27-25)28-21-14-6-8-16-23(21)29-24-17-9-7-15-22(24)28/h1-17,27H. The summed E-state index contributed by atoms with van der Waals surface area (Å²) in [5.41, 5.74) is 7.12. The van der Waals surface area contributed by atoms with Gasteiger partial charge in [-0.3, -0.25) is 0 Å². The van der Waals surface area contributed by atoms with Crippen molar-refractivity contribution in [2.45, 2.75) is 9.79 Å². The minimum Gasteiger partial charge on any atom is -0.353 e. The first kappa shape index (κ1) is 16.5. The van der Waals surface area contributed by atoms with E-state index >= 15 is 0 Å². The molecule has 1 aliphatic rings. The number of aromatic nitrogens is 1. The summed E-state index contributed by atoms with van der Waals surface area (Å²) in [6.07, 6.45) is 0. The van der Waals surface area contributed by atoms with Gasteiger partial charge in [-0.1, -0.05) is 84.6 Å². The number of nitrogens with one attached hydrogen (secondary N) is 1. The van der Waals surface area contributed by atoms with Crippen LogP contribution in [0.3, 0.4) is 0 Å². The summed E-state index contributed by atoms with van der Waals surface area (Å²) in [6.45, 7) is 0. The van der Waals surface area contributed by atoms with E-state index in [1.807, 2.05) is 11.8 Å². The molecule has 0 saturated heterocycles. The lowest BCUT2D eigenvalue weighted by Gasteiger charge is -2.33. The van der Waals surface area contributed by atoms with Gasteiger partial charge in [-0.25, -0.2) is 0 Å². The van der Waals surface area contributed by atoms with E-state index in [-0.39, 0.29) is 0 Å². The molecule has 1 aliphatic heterocycles. The van der Waals surface area contributed by atoms with Gasteiger partial charge >= 0.3 is 0 Å². The van der Waals surface area contributed by atoms with E-state index in [4.69, 9.17) is 0 Å². The van der Waals surface area contributed by atoms with Gasteiger partial charge in [0.05, 0.1) is 22.8 Å². The summed E-state index contributed by atoms with van der Waals surface area (Å²) < 4.78 is 0. The van der Waals surface area contributed by atoms with Crippen molar-refractivity contribution in [2.75, 3.05) is 4.90 Å². The number of hydrogen-bond acceptors (Lipinski definition) is 2. The van der Waals surface area contributed by atoms with E-state index in [2.05, 4.69) is 113 Å². The summed E-state index contributed by atoms with van der Waals surface area (Å²) in [6, 6.07) is 36.5. The number of para-hydroxylation sites is 3. The van der Waals surface area contributed by atoms with Gasteiger partial charge < -0.3 is 9.88 Å². The van der Waals surface area contributed by atoms with Gasteiger partial charge in [-0.15, -0.1) is 0 Å². The van der Waals surface area contributed by atoms with Gasteiger partial charge in [-0.05, 0) is 30.3 Å². The molecule has 2 heterocycles. The molecular weight excluding hydrogens is 372 g/mol. The van der Waals surface area contributed by atoms with Gasteiger partial charge in [0, 0.05) is 26.3 Å². The maximum absolute atomic E-state index is 3.69. The maximum Gasteiger partial charge on any atom is 0.0797 e. The third-order valence-corrected chi connectivity index (χ3v) is 6.53. The molecular formula is C26H18N2S. The molecule has 2 nitrogen and oxygen atoms in total. The molecule has 3 heteroatoms. The Labute approximate surface area is 173 Å². The van der Waals surface area contributed by atoms with Gasteiger partial charge in [0.2, 0.25) is 0 Å². The van der Waals surface area contributed by atoms with E-state index in [0.717, 1.165) is 11.2 Å². The number of nitrogens with zero attached hydrogens (tertiary/aromatic N) is 1. The fourth-order valence-corrected chi connectivity index (χ4v) is 5.18. The Morgan fingerprint density at radius 2 is 1.17 bits per heavy atom.